The van der Waals surface area contributed by atoms with Gasteiger partial charge in [-0.15, -0.1) is 5.92 Å². The van der Waals surface area contributed by atoms with Crippen LogP contribution in [0.3, 0.4) is 0 Å². The molecule has 0 bridgehead atoms. The van der Waals surface area contributed by atoms with Crippen LogP contribution in [0.2, 0.25) is 0 Å². The number of benzene rings is 2. The predicted molar refractivity (Wildman–Crippen MR) is 159 cm³/mol. The highest BCUT2D eigenvalue weighted by Gasteiger charge is 2.38. The zero-order valence-electron chi connectivity index (χ0n) is 24.2. The topological polar surface area (TPSA) is 156 Å². The summed E-state index contributed by atoms with van der Waals surface area (Å²) in [5.74, 6) is 3.02. The van der Waals surface area contributed by atoms with Crippen molar-refractivity contribution in [1.29, 1.82) is 0 Å². The number of carboxylic acid groups (broad SMARTS) is 2. The van der Waals surface area contributed by atoms with Gasteiger partial charge < -0.3 is 25.2 Å². The van der Waals surface area contributed by atoms with Gasteiger partial charge in [-0.1, -0.05) is 30.2 Å². The number of anilines is 1. The number of carboxylic acids is 2. The van der Waals surface area contributed by atoms with Crippen molar-refractivity contribution >= 4 is 34.7 Å². The van der Waals surface area contributed by atoms with Gasteiger partial charge in [-0.2, -0.15) is 23.1 Å². The predicted octanol–water partition coefficient (Wildman–Crippen LogP) is 3.75. The molecule has 0 unspecified atom stereocenters. The van der Waals surface area contributed by atoms with Crippen molar-refractivity contribution in [2.75, 3.05) is 31.1 Å². The first-order valence-electron chi connectivity index (χ1n) is 13.6. The molecule has 2 aromatic carbocycles. The Balaban J connectivity index is 0.000000617. The van der Waals surface area contributed by atoms with Gasteiger partial charge >= 0.3 is 24.1 Å². The minimum Gasteiger partial charge on any atom is -0.478 e. The molecule has 16 heteroatoms. The Morgan fingerprint density at radius 2 is 1.72 bits per heavy atom. The number of aromatic carboxylic acids is 1. The van der Waals surface area contributed by atoms with Crippen LogP contribution in [-0.4, -0.2) is 73.6 Å². The summed E-state index contributed by atoms with van der Waals surface area (Å²) >= 11 is 0. The third kappa shape index (κ3) is 7.61. The SMILES string of the molecule is O=C(O)C(F)(F)F.[C-]#[N+]c1ccccc1Cn1c(Oc2ccc(C(=O)O)cc2)nc2nc(N3CCNCC3)n(CC#CC)c2c1=O. The van der Waals surface area contributed by atoms with Gasteiger partial charge in [0.05, 0.1) is 18.7 Å². The average molecular weight is 638 g/mol. The summed E-state index contributed by atoms with van der Waals surface area (Å²) in [5, 5.41) is 19.7. The first-order valence-corrected chi connectivity index (χ1v) is 13.6. The zero-order valence-corrected chi connectivity index (χ0v) is 24.2. The van der Waals surface area contributed by atoms with E-state index in [4.69, 9.17) is 26.2 Å². The molecule has 1 saturated heterocycles. The molecule has 0 amide bonds. The summed E-state index contributed by atoms with van der Waals surface area (Å²) in [5.41, 5.74) is 1.27. The van der Waals surface area contributed by atoms with E-state index in [1.165, 1.54) is 28.8 Å². The zero-order chi connectivity index (χ0) is 33.4. The summed E-state index contributed by atoms with van der Waals surface area (Å²) < 4.78 is 40.9. The van der Waals surface area contributed by atoms with Crippen LogP contribution in [0.15, 0.2) is 53.3 Å². The molecule has 0 saturated carbocycles. The highest BCUT2D eigenvalue weighted by Crippen LogP contribution is 2.27. The third-order valence-corrected chi connectivity index (χ3v) is 6.62. The molecule has 1 aliphatic heterocycles. The highest BCUT2D eigenvalue weighted by atomic mass is 19.4. The number of nitrogens with one attached hydrogen (secondary N) is 1. The summed E-state index contributed by atoms with van der Waals surface area (Å²) in [4.78, 5) is 49.3. The Bertz CT molecular complexity index is 1910. The van der Waals surface area contributed by atoms with Gasteiger partial charge in [-0.25, -0.2) is 14.4 Å². The molecule has 2 aromatic heterocycles. The number of halogens is 3. The van der Waals surface area contributed by atoms with E-state index >= 15 is 0 Å². The van der Waals surface area contributed by atoms with Crippen LogP contribution >= 0.6 is 0 Å². The van der Waals surface area contributed by atoms with Gasteiger partial charge in [0, 0.05) is 32.7 Å². The molecule has 13 nitrogen and oxygen atoms in total. The molecule has 238 valence electrons. The Morgan fingerprint density at radius 1 is 1.07 bits per heavy atom. The summed E-state index contributed by atoms with van der Waals surface area (Å²) in [6.45, 7) is 12.6. The van der Waals surface area contributed by atoms with Crippen LogP contribution in [0.25, 0.3) is 16.0 Å². The van der Waals surface area contributed by atoms with Crippen molar-refractivity contribution in [2.45, 2.75) is 26.2 Å². The molecule has 0 atom stereocenters. The molecule has 1 aliphatic rings. The maximum atomic E-state index is 14.1. The average Bonchev–Trinajstić information content (AvgIpc) is 3.41. The summed E-state index contributed by atoms with van der Waals surface area (Å²) in [6, 6.07) is 12.8. The van der Waals surface area contributed by atoms with Crippen LogP contribution in [-0.2, 0) is 17.9 Å². The Kier molecular flexibility index (Phi) is 10.3. The number of nitrogens with zero attached hydrogens (tertiary/aromatic N) is 6. The number of hydrogen-bond donors (Lipinski definition) is 3. The van der Waals surface area contributed by atoms with Crippen molar-refractivity contribution in [3.8, 4) is 23.6 Å². The number of hydrogen-bond acceptors (Lipinski definition) is 8. The number of imidazole rings is 1. The monoisotopic (exact) mass is 637 g/mol. The van der Waals surface area contributed by atoms with E-state index in [9.17, 15) is 27.9 Å². The number of rotatable bonds is 7. The van der Waals surface area contributed by atoms with Crippen molar-refractivity contribution in [3.63, 3.8) is 0 Å². The lowest BCUT2D eigenvalue weighted by molar-refractivity contribution is -0.192. The van der Waals surface area contributed by atoms with E-state index in [1.807, 2.05) is 0 Å². The highest BCUT2D eigenvalue weighted by molar-refractivity contribution is 5.87. The first kappa shape index (κ1) is 33.0. The van der Waals surface area contributed by atoms with Crippen molar-refractivity contribution < 1.29 is 37.7 Å². The third-order valence-electron chi connectivity index (χ3n) is 6.62. The lowest BCUT2D eigenvalue weighted by Gasteiger charge is -2.28. The lowest BCUT2D eigenvalue weighted by atomic mass is 10.2. The molecule has 5 rings (SSSR count). The largest absolute Gasteiger partial charge is 0.490 e. The fourth-order valence-electron chi connectivity index (χ4n) is 4.41. The molecular weight excluding hydrogens is 611 g/mol. The minimum atomic E-state index is -5.08. The van der Waals surface area contributed by atoms with Crippen molar-refractivity contribution in [2.24, 2.45) is 0 Å². The van der Waals surface area contributed by atoms with E-state index in [0.29, 0.717) is 41.6 Å². The van der Waals surface area contributed by atoms with Crippen LogP contribution in [0.1, 0.15) is 22.8 Å². The number of aromatic nitrogens is 4. The molecular formula is C30H26F3N7O6. The second-order valence-corrected chi connectivity index (χ2v) is 9.59. The van der Waals surface area contributed by atoms with E-state index in [-0.39, 0.29) is 35.9 Å². The molecule has 0 spiro atoms. The minimum absolute atomic E-state index is 0.0200. The van der Waals surface area contributed by atoms with Gasteiger partial charge in [0.2, 0.25) is 5.95 Å². The number of alkyl halides is 3. The number of piperazine rings is 1. The molecule has 46 heavy (non-hydrogen) atoms. The van der Waals surface area contributed by atoms with E-state index in [0.717, 1.165) is 13.1 Å². The first-order chi connectivity index (χ1) is 21.9. The maximum Gasteiger partial charge on any atom is 0.490 e. The van der Waals surface area contributed by atoms with Crippen molar-refractivity contribution in [3.05, 3.63) is 81.4 Å². The van der Waals surface area contributed by atoms with Crippen LogP contribution in [0.4, 0.5) is 24.8 Å². The molecule has 1 fully saturated rings. The normalized spacial score (nSPS) is 12.7. The Labute approximate surface area is 259 Å². The lowest BCUT2D eigenvalue weighted by Crippen LogP contribution is -2.44. The van der Waals surface area contributed by atoms with Gasteiger partial charge in [0.25, 0.3) is 5.56 Å². The van der Waals surface area contributed by atoms with Gasteiger partial charge in [-0.05, 0) is 36.8 Å². The quantitative estimate of drug-likeness (QED) is 0.202. The smallest absolute Gasteiger partial charge is 0.478 e. The van der Waals surface area contributed by atoms with Gasteiger partial charge in [-0.3, -0.25) is 13.9 Å². The van der Waals surface area contributed by atoms with Crippen molar-refractivity contribution in [1.82, 2.24) is 24.4 Å². The van der Waals surface area contributed by atoms with E-state index in [1.54, 1.807) is 35.8 Å². The number of fused-ring (bicyclic) bond motifs is 1. The Morgan fingerprint density at radius 3 is 2.30 bits per heavy atom. The van der Waals surface area contributed by atoms with E-state index in [2.05, 4.69) is 31.9 Å². The standard InChI is InChI=1S/C28H25N7O4.C2HF3O2/c1-3-4-15-34-23-24(31-27(34)33-16-13-30-14-17-33)32-28(39-21-11-9-19(10-12-21)26(37)38)35(25(23)36)18-20-7-5-6-8-22(20)29-2;3-2(4,5)1(6)7/h5-12,30H,13-18H2,1H3,(H,37,38);(H,6,7). The number of ether oxygens (including phenoxy) is 1. The van der Waals surface area contributed by atoms with Crippen LogP contribution in [0, 0.1) is 18.4 Å². The summed E-state index contributed by atoms with van der Waals surface area (Å²) in [7, 11) is 0. The molecule has 3 N–H and O–H groups in total. The second-order valence-electron chi connectivity index (χ2n) is 9.59. The van der Waals surface area contributed by atoms with Gasteiger partial charge in [0.1, 0.15) is 5.75 Å². The number of carbonyl (C=O) groups is 2. The summed E-state index contributed by atoms with van der Waals surface area (Å²) in [6.07, 6.45) is -5.08. The maximum absolute atomic E-state index is 14.1. The van der Waals surface area contributed by atoms with E-state index < -0.39 is 18.1 Å². The Hall–Kier alpha value is -5.87. The van der Waals surface area contributed by atoms with Gasteiger partial charge in [0.15, 0.2) is 16.9 Å². The molecule has 0 radical (unpaired) electrons. The number of para-hydroxylation sites is 1. The number of aliphatic carboxylic acids is 1. The van der Waals surface area contributed by atoms with Crippen LogP contribution < -0.4 is 20.5 Å². The fraction of sp³-hybridized carbons (Fsp3) is 0.267. The second kappa shape index (κ2) is 14.3. The molecule has 0 aliphatic carbocycles. The molecule has 3 heterocycles. The fourth-order valence-corrected chi connectivity index (χ4v) is 4.41. The molecule has 4 aromatic rings. The van der Waals surface area contributed by atoms with Crippen LogP contribution in [0.5, 0.6) is 11.8 Å².